The molecule has 2 aliphatic rings. The third-order valence-corrected chi connectivity index (χ3v) is 5.78. The van der Waals surface area contributed by atoms with Gasteiger partial charge in [-0.15, -0.1) is 0 Å². The third kappa shape index (κ3) is 2.44. The van der Waals surface area contributed by atoms with Crippen LogP contribution in [0.2, 0.25) is 0 Å². The summed E-state index contributed by atoms with van der Waals surface area (Å²) in [5, 5.41) is 10.4. The van der Waals surface area contributed by atoms with Gasteiger partial charge in [0.25, 0.3) is 0 Å². The predicted octanol–water partition coefficient (Wildman–Crippen LogP) is 2.90. The lowest BCUT2D eigenvalue weighted by atomic mass is 9.58. The van der Waals surface area contributed by atoms with Crippen LogP contribution < -0.4 is 4.74 Å². The van der Waals surface area contributed by atoms with Gasteiger partial charge in [-0.3, -0.25) is 0 Å². The number of aldehydes is 1. The fourth-order valence-corrected chi connectivity index (χ4v) is 4.87. The van der Waals surface area contributed by atoms with Crippen LogP contribution in [0.1, 0.15) is 43.7 Å². The van der Waals surface area contributed by atoms with Gasteiger partial charge in [0.05, 0.1) is 6.61 Å². The maximum atomic E-state index is 11.0. The van der Waals surface area contributed by atoms with Gasteiger partial charge in [-0.2, -0.15) is 0 Å². The van der Waals surface area contributed by atoms with E-state index in [-0.39, 0.29) is 5.41 Å². The van der Waals surface area contributed by atoms with Gasteiger partial charge in [0.15, 0.2) is 0 Å². The Labute approximate surface area is 138 Å². The molecule has 1 aromatic carbocycles. The lowest BCUT2D eigenvalue weighted by Crippen LogP contribution is -2.52. The molecule has 3 rings (SSSR count). The minimum absolute atomic E-state index is 0.0750. The number of phenols is 1. The lowest BCUT2D eigenvalue weighted by Gasteiger charge is -2.48. The molecule has 126 valence electrons. The van der Waals surface area contributed by atoms with E-state index in [0.717, 1.165) is 43.3 Å². The number of nitrogens with zero attached hydrogens (tertiary/aromatic N) is 1. The van der Waals surface area contributed by atoms with Gasteiger partial charge >= 0.3 is 0 Å². The van der Waals surface area contributed by atoms with Crippen LogP contribution in [-0.4, -0.2) is 43.0 Å². The molecule has 0 fully saturated rings. The van der Waals surface area contributed by atoms with E-state index >= 15 is 0 Å². The first-order chi connectivity index (χ1) is 11.0. The Morgan fingerprint density at radius 1 is 1.43 bits per heavy atom. The lowest BCUT2D eigenvalue weighted by molar-refractivity contribution is -0.108. The highest BCUT2D eigenvalue weighted by Gasteiger charge is 2.53. The van der Waals surface area contributed by atoms with E-state index in [1.165, 1.54) is 5.56 Å². The van der Waals surface area contributed by atoms with Crippen LogP contribution in [0.25, 0.3) is 0 Å². The number of ether oxygens (including phenoxy) is 1. The highest BCUT2D eigenvalue weighted by Crippen LogP contribution is 2.56. The molecule has 3 atom stereocenters. The molecule has 1 aliphatic carbocycles. The molecule has 0 radical (unpaired) electrons. The van der Waals surface area contributed by atoms with Gasteiger partial charge in [-0.1, -0.05) is 13.3 Å². The van der Waals surface area contributed by atoms with E-state index in [4.69, 9.17) is 4.74 Å². The minimum Gasteiger partial charge on any atom is -0.508 e. The number of benzene rings is 1. The monoisotopic (exact) mass is 317 g/mol. The molecule has 4 nitrogen and oxygen atoms in total. The average molecular weight is 317 g/mol. The number of carbonyl (C=O) groups is 1. The van der Waals surface area contributed by atoms with E-state index in [2.05, 4.69) is 25.9 Å². The largest absolute Gasteiger partial charge is 0.508 e. The van der Waals surface area contributed by atoms with Crippen molar-refractivity contribution >= 4 is 6.29 Å². The Morgan fingerprint density at radius 3 is 2.87 bits per heavy atom. The van der Waals surface area contributed by atoms with Gasteiger partial charge < -0.3 is 19.5 Å². The summed E-state index contributed by atoms with van der Waals surface area (Å²) < 4.78 is 6.05. The number of carbonyl (C=O) groups excluding carboxylic acids is 1. The quantitative estimate of drug-likeness (QED) is 0.820. The number of hydrogen-bond acceptors (Lipinski definition) is 4. The second-order valence-electron chi connectivity index (χ2n) is 7.22. The molecule has 23 heavy (non-hydrogen) atoms. The molecule has 2 unspecified atom stereocenters. The highest BCUT2D eigenvalue weighted by molar-refractivity contribution is 5.57. The van der Waals surface area contributed by atoms with E-state index in [9.17, 15) is 9.90 Å². The zero-order valence-corrected chi connectivity index (χ0v) is 14.3. The molecule has 0 saturated carbocycles. The topological polar surface area (TPSA) is 49.8 Å². The first-order valence-electron chi connectivity index (χ1n) is 8.63. The third-order valence-electron chi connectivity index (χ3n) is 5.78. The minimum atomic E-state index is -0.0750. The molecule has 1 N–H and O–H groups in total. The van der Waals surface area contributed by atoms with Gasteiger partial charge in [0, 0.05) is 29.0 Å². The molecule has 1 aromatic rings. The Balaban J connectivity index is 2.16. The Kier molecular flexibility index (Phi) is 4.37. The maximum Gasteiger partial charge on any atom is 0.123 e. The summed E-state index contributed by atoms with van der Waals surface area (Å²) in [7, 11) is 4.19. The number of aromatic hydroxyl groups is 1. The van der Waals surface area contributed by atoms with Crippen molar-refractivity contribution in [3.05, 3.63) is 23.3 Å². The summed E-state index contributed by atoms with van der Waals surface area (Å²) >= 11 is 0. The first kappa shape index (κ1) is 16.3. The molecular weight excluding hydrogens is 290 g/mol. The second-order valence-corrected chi connectivity index (χ2v) is 7.22. The molecule has 0 aromatic heterocycles. The van der Waals surface area contributed by atoms with Crippen molar-refractivity contribution in [2.75, 3.05) is 20.7 Å². The van der Waals surface area contributed by atoms with Crippen LogP contribution in [0, 0.1) is 5.92 Å². The number of rotatable bonds is 6. The van der Waals surface area contributed by atoms with Crippen molar-refractivity contribution in [1.82, 2.24) is 4.90 Å². The van der Waals surface area contributed by atoms with Crippen molar-refractivity contribution in [3.8, 4) is 11.5 Å². The normalized spacial score (nSPS) is 28.5. The fourth-order valence-electron chi connectivity index (χ4n) is 4.87. The predicted molar refractivity (Wildman–Crippen MR) is 90.2 cm³/mol. The molecule has 1 heterocycles. The summed E-state index contributed by atoms with van der Waals surface area (Å²) in [6.45, 7) is 2.87. The molecule has 1 aliphatic heterocycles. The first-order valence-corrected chi connectivity index (χ1v) is 8.63. The summed E-state index contributed by atoms with van der Waals surface area (Å²) in [4.78, 5) is 13.3. The van der Waals surface area contributed by atoms with Crippen molar-refractivity contribution in [3.63, 3.8) is 0 Å². The van der Waals surface area contributed by atoms with Crippen LogP contribution in [0.5, 0.6) is 11.5 Å². The molecule has 0 spiro atoms. The Hall–Kier alpha value is -1.55. The van der Waals surface area contributed by atoms with Crippen molar-refractivity contribution in [2.45, 2.75) is 50.5 Å². The van der Waals surface area contributed by atoms with Crippen LogP contribution in [0.15, 0.2) is 12.1 Å². The summed E-state index contributed by atoms with van der Waals surface area (Å²) in [6, 6.07) is 3.98. The van der Waals surface area contributed by atoms with Gasteiger partial charge in [-0.05, 0) is 51.4 Å². The van der Waals surface area contributed by atoms with E-state index in [0.29, 0.717) is 30.7 Å². The van der Waals surface area contributed by atoms with Gasteiger partial charge in [0.2, 0.25) is 0 Å². The Morgan fingerprint density at radius 2 is 2.22 bits per heavy atom. The molecular formula is C19H27NO3. The zero-order chi connectivity index (χ0) is 16.6. The smallest absolute Gasteiger partial charge is 0.123 e. The molecule has 0 bridgehead atoms. The van der Waals surface area contributed by atoms with Crippen LogP contribution >= 0.6 is 0 Å². The standard InChI is InChI=1S/C19H27NO3/c1-4-9-19-12-23-17-8-7-16(22)13(18(17)19)11-15(20(2)3)14(19)6-5-10-21/h7-8,10,14-15,22H,4-6,9,11-12H2,1-3H3/t14?,15?,19-/m0/s1. The van der Waals surface area contributed by atoms with Crippen molar-refractivity contribution in [2.24, 2.45) is 5.92 Å². The average Bonchev–Trinajstić information content (AvgIpc) is 2.89. The highest BCUT2D eigenvalue weighted by atomic mass is 16.5. The maximum absolute atomic E-state index is 11.0. The summed E-state index contributed by atoms with van der Waals surface area (Å²) in [5.41, 5.74) is 2.19. The molecule has 0 saturated heterocycles. The van der Waals surface area contributed by atoms with Crippen molar-refractivity contribution < 1.29 is 14.6 Å². The summed E-state index contributed by atoms with van der Waals surface area (Å²) in [6.07, 6.45) is 5.41. The van der Waals surface area contributed by atoms with Crippen LogP contribution in [0.3, 0.4) is 0 Å². The zero-order valence-electron chi connectivity index (χ0n) is 14.3. The van der Waals surface area contributed by atoms with E-state index < -0.39 is 0 Å². The van der Waals surface area contributed by atoms with Crippen LogP contribution in [-0.2, 0) is 16.6 Å². The number of likely N-dealkylation sites (N-methyl/N-ethyl adjacent to an activating group) is 1. The fraction of sp³-hybridized carbons (Fsp3) is 0.632. The van der Waals surface area contributed by atoms with Gasteiger partial charge in [-0.25, -0.2) is 0 Å². The number of hydrogen-bond donors (Lipinski definition) is 1. The SMILES string of the molecule is CCC[C@@]12COc3ccc(O)c(c31)CC(N(C)C)C2CCC=O. The molecule has 0 amide bonds. The van der Waals surface area contributed by atoms with E-state index in [1.807, 2.05) is 6.07 Å². The van der Waals surface area contributed by atoms with E-state index in [1.54, 1.807) is 6.07 Å². The molecule has 4 heteroatoms. The number of phenolic OH excluding ortho intramolecular Hbond substituents is 1. The van der Waals surface area contributed by atoms with Crippen molar-refractivity contribution in [1.29, 1.82) is 0 Å². The van der Waals surface area contributed by atoms with Gasteiger partial charge in [0.1, 0.15) is 17.8 Å². The summed E-state index contributed by atoms with van der Waals surface area (Å²) in [5.74, 6) is 1.69. The Bertz CT molecular complexity index is 595. The van der Waals surface area contributed by atoms with Crippen LogP contribution in [0.4, 0.5) is 0 Å². The second kappa shape index (κ2) is 6.16.